The molecule has 5 heteroatoms. The zero-order valence-corrected chi connectivity index (χ0v) is 7.56. The molecule has 0 spiro atoms. The number of primary amides is 1. The third kappa shape index (κ3) is 3.66. The average molecular weight is 193 g/mol. The van der Waals surface area contributed by atoms with E-state index in [1.165, 1.54) is 0 Å². The van der Waals surface area contributed by atoms with Crippen LogP contribution in [0.25, 0.3) is 0 Å². The lowest BCUT2D eigenvalue weighted by atomic mass is 10.3. The van der Waals surface area contributed by atoms with Crippen LogP contribution in [0.5, 0.6) is 0 Å². The molecule has 0 unspecified atom stereocenters. The molecule has 0 fully saturated rings. The first-order valence-electron chi connectivity index (χ1n) is 4.16. The van der Waals surface area contributed by atoms with Crippen molar-refractivity contribution in [1.82, 2.24) is 4.98 Å². The number of amides is 2. The number of nitrogens with zero attached hydrogens (tertiary/aromatic N) is 1. The van der Waals surface area contributed by atoms with Gasteiger partial charge in [-0.2, -0.15) is 0 Å². The molecule has 1 rings (SSSR count). The number of nitrogens with one attached hydrogen (secondary N) is 1. The molecular weight excluding hydrogens is 182 g/mol. The number of nitrogens with two attached hydrogens (primary N) is 1. The summed E-state index contributed by atoms with van der Waals surface area (Å²) < 4.78 is 0. The van der Waals surface area contributed by atoms with E-state index in [-0.39, 0.29) is 18.7 Å². The summed E-state index contributed by atoms with van der Waals surface area (Å²) in [5, 5.41) is 2.61. The van der Waals surface area contributed by atoms with Crippen molar-refractivity contribution in [2.45, 2.75) is 12.8 Å². The summed E-state index contributed by atoms with van der Waals surface area (Å²) in [6.45, 7) is 0. The third-order valence-electron chi connectivity index (χ3n) is 1.56. The van der Waals surface area contributed by atoms with Crippen molar-refractivity contribution in [1.29, 1.82) is 0 Å². The van der Waals surface area contributed by atoms with Crippen molar-refractivity contribution in [2.24, 2.45) is 5.73 Å². The first kappa shape index (κ1) is 10.2. The first-order valence-corrected chi connectivity index (χ1v) is 4.16. The summed E-state index contributed by atoms with van der Waals surface area (Å²) in [5.41, 5.74) is 5.57. The molecule has 14 heavy (non-hydrogen) atoms. The summed E-state index contributed by atoms with van der Waals surface area (Å²) in [5.74, 6) is -0.704. The highest BCUT2D eigenvalue weighted by atomic mass is 16.2. The van der Waals surface area contributed by atoms with Crippen molar-refractivity contribution in [3.05, 3.63) is 24.5 Å². The van der Waals surface area contributed by atoms with E-state index in [1.807, 2.05) is 0 Å². The average Bonchev–Trinajstić information content (AvgIpc) is 2.16. The molecule has 0 bridgehead atoms. The molecule has 0 atom stereocenters. The van der Waals surface area contributed by atoms with Crippen LogP contribution in [0.15, 0.2) is 24.5 Å². The van der Waals surface area contributed by atoms with Gasteiger partial charge in [0.05, 0.1) is 0 Å². The van der Waals surface area contributed by atoms with Crippen molar-refractivity contribution >= 4 is 17.5 Å². The second kappa shape index (κ2) is 4.96. The monoisotopic (exact) mass is 193 g/mol. The molecule has 1 aromatic heterocycles. The number of aromatic nitrogens is 1. The largest absolute Gasteiger partial charge is 0.370 e. The lowest BCUT2D eigenvalue weighted by molar-refractivity contribution is -0.122. The second-order valence-electron chi connectivity index (χ2n) is 2.75. The number of hydrogen-bond acceptors (Lipinski definition) is 3. The third-order valence-corrected chi connectivity index (χ3v) is 1.56. The first-order chi connectivity index (χ1) is 6.68. The number of carbonyl (C=O) groups excluding carboxylic acids is 2. The quantitative estimate of drug-likeness (QED) is 0.720. The highest BCUT2D eigenvalue weighted by molar-refractivity contribution is 5.92. The molecule has 3 N–H and O–H groups in total. The van der Waals surface area contributed by atoms with Gasteiger partial charge < -0.3 is 11.1 Å². The van der Waals surface area contributed by atoms with E-state index in [9.17, 15) is 9.59 Å². The van der Waals surface area contributed by atoms with Crippen LogP contribution in [0, 0.1) is 0 Å². The van der Waals surface area contributed by atoms with Crippen LogP contribution in [-0.2, 0) is 9.59 Å². The smallest absolute Gasteiger partial charge is 0.224 e. The van der Waals surface area contributed by atoms with Gasteiger partial charge in [0.1, 0.15) is 0 Å². The van der Waals surface area contributed by atoms with Crippen LogP contribution in [0.4, 0.5) is 5.69 Å². The van der Waals surface area contributed by atoms with Crippen molar-refractivity contribution < 1.29 is 9.59 Å². The minimum Gasteiger partial charge on any atom is -0.370 e. The zero-order chi connectivity index (χ0) is 10.4. The Balaban J connectivity index is 2.38. The fourth-order valence-corrected chi connectivity index (χ4v) is 0.895. The fourth-order valence-electron chi connectivity index (χ4n) is 0.895. The van der Waals surface area contributed by atoms with E-state index in [0.717, 1.165) is 0 Å². The maximum Gasteiger partial charge on any atom is 0.224 e. The molecule has 0 radical (unpaired) electrons. The highest BCUT2D eigenvalue weighted by Crippen LogP contribution is 2.04. The standard InChI is InChI=1S/C9H11N3O2/c10-8(13)1-2-9(14)12-7-3-5-11-6-4-7/h3-6H,1-2H2,(H2,10,13)(H,11,12,14). The van der Waals surface area contributed by atoms with E-state index in [4.69, 9.17) is 5.73 Å². The lowest BCUT2D eigenvalue weighted by Crippen LogP contribution is -2.17. The van der Waals surface area contributed by atoms with Gasteiger partial charge in [0.25, 0.3) is 0 Å². The van der Waals surface area contributed by atoms with Gasteiger partial charge in [0.15, 0.2) is 0 Å². The minimum absolute atomic E-state index is 0.0664. The van der Waals surface area contributed by atoms with Gasteiger partial charge in [-0.15, -0.1) is 0 Å². The fraction of sp³-hybridized carbons (Fsp3) is 0.222. The van der Waals surface area contributed by atoms with Crippen molar-refractivity contribution in [3.8, 4) is 0 Å². The normalized spacial score (nSPS) is 9.43. The van der Waals surface area contributed by atoms with E-state index < -0.39 is 5.91 Å². The Morgan fingerprint density at radius 3 is 2.50 bits per heavy atom. The van der Waals surface area contributed by atoms with E-state index >= 15 is 0 Å². The van der Waals surface area contributed by atoms with Gasteiger partial charge in [0, 0.05) is 30.9 Å². The maximum atomic E-state index is 11.2. The number of rotatable bonds is 4. The Bertz CT molecular complexity index is 324. The molecule has 0 saturated carbocycles. The summed E-state index contributed by atoms with van der Waals surface area (Å²) in [6.07, 6.45) is 3.32. The number of hydrogen-bond donors (Lipinski definition) is 2. The molecule has 0 saturated heterocycles. The topological polar surface area (TPSA) is 85.1 Å². The van der Waals surface area contributed by atoms with Gasteiger partial charge in [0.2, 0.25) is 11.8 Å². The van der Waals surface area contributed by atoms with Gasteiger partial charge in [-0.3, -0.25) is 14.6 Å². The van der Waals surface area contributed by atoms with E-state index in [0.29, 0.717) is 5.69 Å². The molecule has 74 valence electrons. The molecule has 0 aromatic carbocycles. The van der Waals surface area contributed by atoms with Gasteiger partial charge >= 0.3 is 0 Å². The maximum absolute atomic E-state index is 11.2. The number of anilines is 1. The second-order valence-corrected chi connectivity index (χ2v) is 2.75. The molecular formula is C9H11N3O2. The molecule has 0 aliphatic rings. The summed E-state index contributed by atoms with van der Waals surface area (Å²) >= 11 is 0. The molecule has 1 aromatic rings. The Kier molecular flexibility index (Phi) is 3.60. The van der Waals surface area contributed by atoms with Crippen LogP contribution < -0.4 is 11.1 Å². The van der Waals surface area contributed by atoms with Crippen LogP contribution in [0.1, 0.15) is 12.8 Å². The van der Waals surface area contributed by atoms with Gasteiger partial charge in [-0.25, -0.2) is 0 Å². The van der Waals surface area contributed by atoms with Crippen molar-refractivity contribution in [2.75, 3.05) is 5.32 Å². The van der Waals surface area contributed by atoms with Crippen LogP contribution in [-0.4, -0.2) is 16.8 Å². The molecule has 2 amide bonds. The zero-order valence-electron chi connectivity index (χ0n) is 7.56. The predicted octanol–water partition coefficient (Wildman–Crippen LogP) is 0.286. The van der Waals surface area contributed by atoms with E-state index in [2.05, 4.69) is 10.3 Å². The lowest BCUT2D eigenvalue weighted by Gasteiger charge is -2.02. The summed E-state index contributed by atoms with van der Waals surface area (Å²) in [6, 6.07) is 3.34. The van der Waals surface area contributed by atoms with Crippen LogP contribution in [0.3, 0.4) is 0 Å². The minimum atomic E-state index is -0.477. The van der Waals surface area contributed by atoms with Crippen LogP contribution >= 0.6 is 0 Å². The van der Waals surface area contributed by atoms with E-state index in [1.54, 1.807) is 24.5 Å². The molecule has 0 aliphatic carbocycles. The predicted molar refractivity (Wildman–Crippen MR) is 51.3 cm³/mol. The SMILES string of the molecule is NC(=O)CCC(=O)Nc1ccncc1. The Morgan fingerprint density at radius 2 is 1.93 bits per heavy atom. The Morgan fingerprint density at radius 1 is 1.29 bits per heavy atom. The van der Waals surface area contributed by atoms with Gasteiger partial charge in [-0.05, 0) is 12.1 Å². The molecule has 1 heterocycles. The molecule has 0 aliphatic heterocycles. The summed E-state index contributed by atoms with van der Waals surface area (Å²) in [7, 11) is 0. The van der Waals surface area contributed by atoms with Crippen LogP contribution in [0.2, 0.25) is 0 Å². The van der Waals surface area contributed by atoms with Crippen molar-refractivity contribution in [3.63, 3.8) is 0 Å². The number of carbonyl (C=O) groups is 2. The highest BCUT2D eigenvalue weighted by Gasteiger charge is 2.03. The number of pyridine rings is 1. The Hall–Kier alpha value is -1.91. The summed E-state index contributed by atoms with van der Waals surface area (Å²) in [4.78, 5) is 25.4. The molecule has 5 nitrogen and oxygen atoms in total. The Labute approximate surface area is 81.3 Å². The van der Waals surface area contributed by atoms with Gasteiger partial charge in [-0.1, -0.05) is 0 Å².